The van der Waals surface area contributed by atoms with Crippen LogP contribution in [0.5, 0.6) is 0 Å². The molecule has 0 saturated carbocycles. The second kappa shape index (κ2) is 6.17. The number of methoxy groups -OCH3 is 1. The lowest BCUT2D eigenvalue weighted by Gasteiger charge is -2.25. The summed E-state index contributed by atoms with van der Waals surface area (Å²) in [7, 11) is 3.74. The third-order valence-electron chi connectivity index (χ3n) is 2.33. The van der Waals surface area contributed by atoms with Gasteiger partial charge in [0.1, 0.15) is 0 Å². The molecule has 0 aliphatic rings. The van der Waals surface area contributed by atoms with Crippen molar-refractivity contribution in [3.63, 3.8) is 0 Å². The Morgan fingerprint density at radius 3 is 2.87 bits per heavy atom. The highest BCUT2D eigenvalue weighted by Gasteiger charge is 2.13. The Balaban J connectivity index is 2.49. The standard InChI is InChI=1S/C10H19N3OS/c1-8-12-9(7-15-8)5-13(2)10(4-11)6-14-3/h7,10H,4-6,11H2,1-3H3. The lowest BCUT2D eigenvalue weighted by atomic mass is 10.2. The molecule has 4 nitrogen and oxygen atoms in total. The van der Waals surface area contributed by atoms with Crippen molar-refractivity contribution in [3.8, 4) is 0 Å². The highest BCUT2D eigenvalue weighted by molar-refractivity contribution is 7.09. The second-order valence-corrected chi connectivity index (χ2v) is 4.68. The molecule has 1 aromatic heterocycles. The number of nitrogens with two attached hydrogens (primary N) is 1. The van der Waals surface area contributed by atoms with Crippen LogP contribution >= 0.6 is 11.3 Å². The summed E-state index contributed by atoms with van der Waals surface area (Å²) < 4.78 is 5.12. The van der Waals surface area contributed by atoms with Crippen LogP contribution in [0.25, 0.3) is 0 Å². The number of rotatable bonds is 6. The van der Waals surface area contributed by atoms with Crippen LogP contribution in [0.4, 0.5) is 0 Å². The van der Waals surface area contributed by atoms with E-state index in [1.807, 2.05) is 14.0 Å². The molecule has 0 aliphatic carbocycles. The first-order valence-corrected chi connectivity index (χ1v) is 5.85. The molecule has 0 aliphatic heterocycles. The monoisotopic (exact) mass is 229 g/mol. The van der Waals surface area contributed by atoms with Crippen LogP contribution in [0, 0.1) is 6.92 Å². The van der Waals surface area contributed by atoms with Crippen molar-refractivity contribution in [2.75, 3.05) is 27.3 Å². The van der Waals surface area contributed by atoms with Gasteiger partial charge >= 0.3 is 0 Å². The third kappa shape index (κ3) is 3.87. The number of hydrogen-bond acceptors (Lipinski definition) is 5. The van der Waals surface area contributed by atoms with E-state index in [4.69, 9.17) is 10.5 Å². The van der Waals surface area contributed by atoms with Crippen molar-refractivity contribution in [1.82, 2.24) is 9.88 Å². The number of nitrogens with zero attached hydrogens (tertiary/aromatic N) is 2. The van der Waals surface area contributed by atoms with Gasteiger partial charge in [0, 0.05) is 31.6 Å². The summed E-state index contributed by atoms with van der Waals surface area (Å²) in [5, 5.41) is 3.20. The fourth-order valence-corrected chi connectivity index (χ4v) is 2.04. The van der Waals surface area contributed by atoms with Gasteiger partial charge in [-0.3, -0.25) is 4.90 Å². The van der Waals surface area contributed by atoms with Gasteiger partial charge in [-0.1, -0.05) is 0 Å². The summed E-state index contributed by atoms with van der Waals surface area (Å²) in [4.78, 5) is 6.60. The number of hydrogen-bond donors (Lipinski definition) is 1. The lowest BCUT2D eigenvalue weighted by Crippen LogP contribution is -2.40. The molecule has 0 spiro atoms. The predicted molar refractivity (Wildman–Crippen MR) is 63.0 cm³/mol. The number of aryl methyl sites for hydroxylation is 1. The smallest absolute Gasteiger partial charge is 0.0897 e. The van der Waals surface area contributed by atoms with Crippen LogP contribution in [-0.4, -0.2) is 43.2 Å². The van der Waals surface area contributed by atoms with Gasteiger partial charge in [-0.25, -0.2) is 4.98 Å². The van der Waals surface area contributed by atoms with E-state index in [1.165, 1.54) is 0 Å². The normalized spacial score (nSPS) is 13.4. The molecule has 1 unspecified atom stereocenters. The van der Waals surface area contributed by atoms with Crippen LogP contribution in [0.15, 0.2) is 5.38 Å². The van der Waals surface area contributed by atoms with Crippen LogP contribution in [0.3, 0.4) is 0 Å². The molecule has 0 saturated heterocycles. The molecule has 0 amide bonds. The van der Waals surface area contributed by atoms with Gasteiger partial charge < -0.3 is 10.5 Å². The Morgan fingerprint density at radius 1 is 1.67 bits per heavy atom. The molecule has 1 aromatic rings. The van der Waals surface area contributed by atoms with Gasteiger partial charge in [-0.05, 0) is 14.0 Å². The van der Waals surface area contributed by atoms with Crippen LogP contribution in [0.1, 0.15) is 10.7 Å². The van der Waals surface area contributed by atoms with Crippen LogP contribution in [0.2, 0.25) is 0 Å². The summed E-state index contributed by atoms with van der Waals surface area (Å²) in [5.74, 6) is 0. The summed E-state index contributed by atoms with van der Waals surface area (Å²) >= 11 is 1.68. The van der Waals surface area contributed by atoms with E-state index in [9.17, 15) is 0 Å². The van der Waals surface area contributed by atoms with Crippen LogP contribution < -0.4 is 5.73 Å². The van der Waals surface area contributed by atoms with Crippen LogP contribution in [-0.2, 0) is 11.3 Å². The zero-order valence-corrected chi connectivity index (χ0v) is 10.4. The van der Waals surface area contributed by atoms with E-state index in [0.29, 0.717) is 13.2 Å². The number of thiazole rings is 1. The first-order valence-electron chi connectivity index (χ1n) is 4.97. The summed E-state index contributed by atoms with van der Waals surface area (Å²) in [5.41, 5.74) is 6.79. The second-order valence-electron chi connectivity index (χ2n) is 3.62. The number of aromatic nitrogens is 1. The maximum absolute atomic E-state index is 5.68. The molecule has 1 heterocycles. The highest BCUT2D eigenvalue weighted by atomic mass is 32.1. The fraction of sp³-hybridized carbons (Fsp3) is 0.700. The van der Waals surface area contributed by atoms with Gasteiger partial charge in [-0.15, -0.1) is 11.3 Å². The van der Waals surface area contributed by atoms with Gasteiger partial charge in [0.2, 0.25) is 0 Å². The first kappa shape index (κ1) is 12.6. The van der Waals surface area contributed by atoms with Gasteiger partial charge in [0.05, 0.1) is 17.3 Å². The summed E-state index contributed by atoms with van der Waals surface area (Å²) in [6.07, 6.45) is 0. The van der Waals surface area contributed by atoms with Crippen molar-refractivity contribution in [3.05, 3.63) is 16.1 Å². The molecule has 0 bridgehead atoms. The third-order valence-corrected chi connectivity index (χ3v) is 3.15. The van der Waals surface area contributed by atoms with E-state index in [0.717, 1.165) is 17.2 Å². The molecule has 86 valence electrons. The topological polar surface area (TPSA) is 51.4 Å². The molecule has 0 radical (unpaired) electrons. The van der Waals surface area contributed by atoms with E-state index in [1.54, 1.807) is 18.4 Å². The van der Waals surface area contributed by atoms with E-state index < -0.39 is 0 Å². The maximum Gasteiger partial charge on any atom is 0.0897 e. The van der Waals surface area contributed by atoms with E-state index in [-0.39, 0.29) is 6.04 Å². The van der Waals surface area contributed by atoms with Gasteiger partial charge in [0.25, 0.3) is 0 Å². The molecule has 1 atom stereocenters. The molecule has 1 rings (SSSR count). The molecule has 0 aromatic carbocycles. The Morgan fingerprint density at radius 2 is 2.40 bits per heavy atom. The average Bonchev–Trinajstić information content (AvgIpc) is 2.60. The zero-order chi connectivity index (χ0) is 11.3. The summed E-state index contributed by atoms with van der Waals surface area (Å²) in [6.45, 7) is 4.11. The minimum atomic E-state index is 0.261. The van der Waals surface area contributed by atoms with Crippen molar-refractivity contribution in [2.24, 2.45) is 5.73 Å². The molecular weight excluding hydrogens is 210 g/mol. The van der Waals surface area contributed by atoms with E-state index >= 15 is 0 Å². The minimum absolute atomic E-state index is 0.261. The van der Waals surface area contributed by atoms with Gasteiger partial charge in [-0.2, -0.15) is 0 Å². The Labute approximate surface area is 95.1 Å². The van der Waals surface area contributed by atoms with Crippen molar-refractivity contribution in [2.45, 2.75) is 19.5 Å². The lowest BCUT2D eigenvalue weighted by molar-refractivity contribution is 0.106. The molecule has 0 fully saturated rings. The van der Waals surface area contributed by atoms with E-state index in [2.05, 4.69) is 15.3 Å². The largest absolute Gasteiger partial charge is 0.383 e. The van der Waals surface area contributed by atoms with Crippen molar-refractivity contribution >= 4 is 11.3 Å². The maximum atomic E-state index is 5.68. The molecule has 5 heteroatoms. The SMILES string of the molecule is COCC(CN)N(C)Cc1csc(C)n1. The van der Waals surface area contributed by atoms with Crippen molar-refractivity contribution < 1.29 is 4.74 Å². The Bertz CT molecular complexity index is 290. The number of ether oxygens (including phenoxy) is 1. The summed E-state index contributed by atoms with van der Waals surface area (Å²) in [6, 6.07) is 0.261. The fourth-order valence-electron chi connectivity index (χ4n) is 1.43. The average molecular weight is 229 g/mol. The molecule has 15 heavy (non-hydrogen) atoms. The Hall–Kier alpha value is -0.490. The van der Waals surface area contributed by atoms with Gasteiger partial charge in [0.15, 0.2) is 0 Å². The predicted octanol–water partition coefficient (Wildman–Crippen LogP) is 0.857. The molecule has 2 N–H and O–H groups in total. The highest BCUT2D eigenvalue weighted by Crippen LogP contribution is 2.11. The zero-order valence-electron chi connectivity index (χ0n) is 9.56. The quantitative estimate of drug-likeness (QED) is 0.786. The minimum Gasteiger partial charge on any atom is -0.383 e. The van der Waals surface area contributed by atoms with Crippen molar-refractivity contribution in [1.29, 1.82) is 0 Å². The molecular formula is C10H19N3OS. The number of likely N-dealkylation sites (N-methyl/N-ethyl adjacent to an activating group) is 1. The first-order chi connectivity index (χ1) is 7.17. The Kier molecular flexibility index (Phi) is 5.17.